The van der Waals surface area contributed by atoms with Crippen LogP contribution in [0.3, 0.4) is 0 Å². The van der Waals surface area contributed by atoms with E-state index < -0.39 is 0 Å². The molecule has 2 nitrogen and oxygen atoms in total. The number of hydrogen-bond acceptors (Lipinski definition) is 3. The van der Waals surface area contributed by atoms with E-state index in [1.165, 1.54) is 11.3 Å². The number of hydrogen-bond donors (Lipinski definition) is 0. The topological polar surface area (TPSA) is 24.7 Å². The summed E-state index contributed by atoms with van der Waals surface area (Å²) in [6.45, 7) is 0. The Bertz CT molecular complexity index is 956. The van der Waals surface area contributed by atoms with Gasteiger partial charge in [0, 0.05) is 32.2 Å². The molecule has 0 aliphatic heterocycles. The molecular weight excluding hydrogens is 616 g/mol. The minimum absolute atomic E-state index is 0.194. The van der Waals surface area contributed by atoms with Crippen molar-refractivity contribution in [2.75, 3.05) is 0 Å². The number of benzene rings is 2. The molecule has 0 saturated carbocycles. The summed E-state index contributed by atoms with van der Waals surface area (Å²) in [5.41, 5.74) is 0.928. The van der Waals surface area contributed by atoms with E-state index in [0.29, 0.717) is 41.5 Å². The molecule has 0 fully saturated rings. The van der Waals surface area contributed by atoms with Gasteiger partial charge < -0.3 is 0 Å². The molecule has 0 spiro atoms. The van der Waals surface area contributed by atoms with Gasteiger partial charge >= 0.3 is 33.3 Å². The van der Waals surface area contributed by atoms with Crippen molar-refractivity contribution in [3.05, 3.63) is 76.3 Å². The summed E-state index contributed by atoms with van der Waals surface area (Å²) in [4.78, 5) is 10.5. The van der Waals surface area contributed by atoms with Crippen molar-refractivity contribution in [2.24, 2.45) is 9.98 Å². The summed E-state index contributed by atoms with van der Waals surface area (Å²) >= 11 is 38.0. The third kappa shape index (κ3) is 8.03. The SMILES string of the molecule is Clc1cc(Cl)c(N=Cc2ccc(C=Nc3c(Cl)cc(Cl)cc3Cl)s2)c(Cl)c1.[Cl][Fe][Cl]. The van der Waals surface area contributed by atoms with Gasteiger partial charge in [-0.1, -0.05) is 69.6 Å². The summed E-state index contributed by atoms with van der Waals surface area (Å²) in [5.74, 6) is 0. The number of halogens is 8. The molecule has 12 heteroatoms. The summed E-state index contributed by atoms with van der Waals surface area (Å²) in [6.07, 6.45) is 3.34. The summed E-state index contributed by atoms with van der Waals surface area (Å²) < 4.78 is 0. The molecule has 1 aromatic heterocycles. The molecule has 3 rings (SSSR count). The Kier molecular flexibility index (Phi) is 11.6. The fraction of sp³-hybridized carbons (Fsp3) is 0. The maximum atomic E-state index is 6.13. The van der Waals surface area contributed by atoms with Crippen LogP contribution in [0.15, 0.2) is 46.4 Å². The zero-order chi connectivity index (χ0) is 22.3. The van der Waals surface area contributed by atoms with E-state index in [4.69, 9.17) is 89.8 Å². The molecule has 0 aliphatic rings. The van der Waals surface area contributed by atoms with Gasteiger partial charge in [-0.25, -0.2) is 0 Å². The monoisotopic (exact) mass is 620 g/mol. The van der Waals surface area contributed by atoms with Gasteiger partial charge in [0.15, 0.2) is 0 Å². The van der Waals surface area contributed by atoms with Crippen molar-refractivity contribution >= 4 is 125 Å². The third-order valence-electron chi connectivity index (χ3n) is 3.25. The van der Waals surface area contributed by atoms with E-state index in [-0.39, 0.29) is 13.1 Å². The predicted molar refractivity (Wildman–Crippen MR) is 133 cm³/mol. The number of nitrogens with zero attached hydrogens (tertiary/aromatic N) is 2. The molecule has 0 aliphatic carbocycles. The van der Waals surface area contributed by atoms with Crippen LogP contribution in [0.2, 0.25) is 30.1 Å². The summed E-state index contributed by atoms with van der Waals surface area (Å²) in [6, 6.07) is 10.2. The Hall–Kier alpha value is 0.319. The number of thiophene rings is 1. The zero-order valence-corrected chi connectivity index (χ0v) is 22.3. The second kappa shape index (κ2) is 13.1. The minimum atomic E-state index is 0.194. The van der Waals surface area contributed by atoms with Crippen LogP contribution in [0.1, 0.15) is 9.75 Å². The molecule has 1 heterocycles. The van der Waals surface area contributed by atoms with Crippen LogP contribution in [-0.2, 0) is 13.1 Å². The average Bonchev–Trinajstić information content (AvgIpc) is 3.08. The van der Waals surface area contributed by atoms with Crippen LogP contribution in [0.5, 0.6) is 0 Å². The van der Waals surface area contributed by atoms with E-state index in [1.807, 2.05) is 12.1 Å². The number of rotatable bonds is 4. The van der Waals surface area contributed by atoms with Crippen molar-refractivity contribution in [3.8, 4) is 0 Å². The van der Waals surface area contributed by atoms with E-state index in [9.17, 15) is 0 Å². The molecule has 0 radical (unpaired) electrons. The van der Waals surface area contributed by atoms with Crippen molar-refractivity contribution < 1.29 is 13.1 Å². The molecule has 30 heavy (non-hydrogen) atoms. The van der Waals surface area contributed by atoms with Gasteiger partial charge in [0.2, 0.25) is 0 Å². The molecule has 2 aromatic carbocycles. The summed E-state index contributed by atoms with van der Waals surface area (Å²) in [7, 11) is 9.53. The van der Waals surface area contributed by atoms with Gasteiger partial charge in [-0.15, -0.1) is 11.3 Å². The third-order valence-corrected chi connectivity index (χ3v) is 5.80. The first-order valence-electron chi connectivity index (χ1n) is 7.57. The second-order valence-corrected chi connectivity index (χ2v) is 10.7. The van der Waals surface area contributed by atoms with Crippen molar-refractivity contribution in [3.63, 3.8) is 0 Å². The Morgan fingerprint density at radius 3 is 1.23 bits per heavy atom. The summed E-state index contributed by atoms with van der Waals surface area (Å²) in [5, 5.41) is 2.45. The van der Waals surface area contributed by atoms with E-state index in [2.05, 4.69) is 9.98 Å². The van der Waals surface area contributed by atoms with Crippen LogP contribution >= 0.6 is 101 Å². The van der Waals surface area contributed by atoms with E-state index >= 15 is 0 Å². The Labute approximate surface area is 222 Å². The van der Waals surface area contributed by atoms with Crippen LogP contribution < -0.4 is 0 Å². The quantitative estimate of drug-likeness (QED) is 0.204. The molecule has 160 valence electrons. The van der Waals surface area contributed by atoms with Crippen LogP contribution in [0, 0.1) is 0 Å². The Balaban J connectivity index is 0.00000101. The zero-order valence-electron chi connectivity index (χ0n) is 14.3. The normalized spacial score (nSPS) is 11.3. The van der Waals surface area contributed by atoms with Crippen LogP contribution in [0.4, 0.5) is 11.4 Å². The van der Waals surface area contributed by atoms with Gasteiger partial charge in [-0.05, 0) is 36.4 Å². The second-order valence-electron chi connectivity index (χ2n) is 5.24. The Morgan fingerprint density at radius 1 is 0.633 bits per heavy atom. The van der Waals surface area contributed by atoms with Gasteiger partial charge in [0.05, 0.1) is 20.1 Å². The molecule has 0 N–H and O–H groups in total. The maximum absolute atomic E-state index is 6.13. The van der Waals surface area contributed by atoms with Gasteiger partial charge in [-0.2, -0.15) is 0 Å². The molecular formula is C18H8Cl8FeN2S. The van der Waals surface area contributed by atoms with Crippen LogP contribution in [-0.4, -0.2) is 12.4 Å². The van der Waals surface area contributed by atoms with Crippen molar-refractivity contribution in [2.45, 2.75) is 0 Å². The molecule has 0 amide bonds. The molecule has 3 aromatic rings. The van der Waals surface area contributed by atoms with Gasteiger partial charge in [0.25, 0.3) is 0 Å². The van der Waals surface area contributed by atoms with Gasteiger partial charge in [-0.3, -0.25) is 9.98 Å². The Morgan fingerprint density at radius 2 is 0.933 bits per heavy atom. The molecule has 0 unspecified atom stereocenters. The van der Waals surface area contributed by atoms with E-state index in [1.54, 1.807) is 36.7 Å². The molecule has 0 saturated heterocycles. The first kappa shape index (κ1) is 26.6. The van der Waals surface area contributed by atoms with Crippen LogP contribution in [0.25, 0.3) is 0 Å². The standard InChI is InChI=1S/C18H8Cl6N2S.2ClH.Fe/c19-9-3-13(21)17(14(22)4-9)25-7-11-1-2-12(27-11)8-26-18-15(23)5-10(20)6-16(18)24;;;/h1-8H;2*1H;/q;;;+2/p-2. The number of aliphatic imine (C=N–C) groups is 2. The first-order valence-corrected chi connectivity index (χ1v) is 13.7. The predicted octanol–water partition coefficient (Wildman–Crippen LogP) is 10.5. The van der Waals surface area contributed by atoms with Gasteiger partial charge in [0.1, 0.15) is 11.4 Å². The molecule has 0 bridgehead atoms. The fourth-order valence-corrected chi connectivity index (χ4v) is 4.66. The average molecular weight is 624 g/mol. The van der Waals surface area contributed by atoms with E-state index in [0.717, 1.165) is 9.75 Å². The fourth-order valence-electron chi connectivity index (χ4n) is 2.08. The molecule has 0 atom stereocenters. The van der Waals surface area contributed by atoms with Crippen molar-refractivity contribution in [1.29, 1.82) is 0 Å². The van der Waals surface area contributed by atoms with Crippen molar-refractivity contribution in [1.82, 2.24) is 0 Å². The first-order chi connectivity index (χ1) is 14.2.